The van der Waals surface area contributed by atoms with Crippen LogP contribution in [0.3, 0.4) is 0 Å². The fourth-order valence-electron chi connectivity index (χ4n) is 1.32. The maximum absolute atomic E-state index is 11.8. The van der Waals surface area contributed by atoms with E-state index in [2.05, 4.69) is 10.0 Å². The summed E-state index contributed by atoms with van der Waals surface area (Å²) >= 11 is 0. The third kappa shape index (κ3) is 9.25. The number of urea groups is 1. The number of sulfonamides is 1. The van der Waals surface area contributed by atoms with Crippen LogP contribution in [0.5, 0.6) is 0 Å². The number of aliphatic carboxylic acids is 1. The van der Waals surface area contributed by atoms with Crippen molar-refractivity contribution in [2.75, 3.05) is 25.9 Å². The average molecular weight is 295 g/mol. The summed E-state index contributed by atoms with van der Waals surface area (Å²) in [6, 6.07) is -0.547. The second-order valence-corrected chi connectivity index (χ2v) is 6.16. The lowest BCUT2D eigenvalue weighted by atomic mass is 10.3. The first kappa shape index (κ1) is 17.6. The topological polar surface area (TPSA) is 116 Å². The third-order valence-electron chi connectivity index (χ3n) is 2.22. The van der Waals surface area contributed by atoms with Crippen LogP contribution < -0.4 is 10.0 Å². The number of carbonyl (C=O) groups is 2. The summed E-state index contributed by atoms with van der Waals surface area (Å²) < 4.78 is 23.8. The number of nitrogens with zero attached hydrogens (tertiary/aromatic N) is 1. The van der Waals surface area contributed by atoms with Crippen molar-refractivity contribution in [3.05, 3.63) is 0 Å². The number of carbonyl (C=O) groups excluding carboxylic acids is 1. The molecule has 0 atom stereocenters. The molecule has 8 nitrogen and oxygen atoms in total. The molecule has 3 N–H and O–H groups in total. The van der Waals surface area contributed by atoms with Crippen LogP contribution in [-0.4, -0.2) is 62.4 Å². The van der Waals surface area contributed by atoms with Crippen LogP contribution in [0.4, 0.5) is 4.79 Å². The van der Waals surface area contributed by atoms with Gasteiger partial charge in [-0.3, -0.25) is 4.79 Å². The van der Waals surface area contributed by atoms with E-state index >= 15 is 0 Å². The second kappa shape index (κ2) is 7.95. The molecule has 0 saturated carbocycles. The normalized spacial score (nSPS) is 11.4. The molecule has 0 heterocycles. The highest BCUT2D eigenvalue weighted by molar-refractivity contribution is 7.88. The van der Waals surface area contributed by atoms with Gasteiger partial charge in [-0.1, -0.05) is 0 Å². The van der Waals surface area contributed by atoms with E-state index in [0.717, 1.165) is 6.26 Å². The van der Waals surface area contributed by atoms with Gasteiger partial charge < -0.3 is 15.3 Å². The maximum Gasteiger partial charge on any atom is 0.317 e. The molecule has 0 aromatic heterocycles. The molecule has 0 aromatic carbocycles. The minimum atomic E-state index is -3.27. The summed E-state index contributed by atoms with van der Waals surface area (Å²) in [4.78, 5) is 23.6. The van der Waals surface area contributed by atoms with E-state index in [1.54, 1.807) is 13.8 Å². The minimum absolute atomic E-state index is 0.0927. The fraction of sp³-hybridized carbons (Fsp3) is 0.800. The number of carboxylic acids is 1. The zero-order valence-electron chi connectivity index (χ0n) is 11.3. The highest BCUT2D eigenvalue weighted by Gasteiger charge is 2.17. The molecule has 112 valence electrons. The molecule has 0 aliphatic rings. The number of amides is 2. The predicted octanol–water partition coefficient (Wildman–Crippen LogP) is -0.570. The molecule has 0 bridgehead atoms. The van der Waals surface area contributed by atoms with Gasteiger partial charge >= 0.3 is 12.0 Å². The molecule has 19 heavy (non-hydrogen) atoms. The summed E-state index contributed by atoms with van der Waals surface area (Å²) in [6.07, 6.45) is 0.898. The molecule has 0 radical (unpaired) electrons. The van der Waals surface area contributed by atoms with Gasteiger partial charge in [-0.25, -0.2) is 17.9 Å². The number of carboxylic acid groups (broad SMARTS) is 1. The van der Waals surface area contributed by atoms with Gasteiger partial charge in [0.05, 0.1) is 12.7 Å². The van der Waals surface area contributed by atoms with E-state index in [0.29, 0.717) is 0 Å². The van der Waals surface area contributed by atoms with Gasteiger partial charge in [0.15, 0.2) is 0 Å². The zero-order chi connectivity index (χ0) is 15.1. The van der Waals surface area contributed by atoms with E-state index < -0.39 is 22.0 Å². The molecular weight excluding hydrogens is 274 g/mol. The average Bonchev–Trinajstić information content (AvgIpc) is 2.22. The first-order chi connectivity index (χ1) is 8.63. The second-order valence-electron chi connectivity index (χ2n) is 4.33. The minimum Gasteiger partial charge on any atom is -0.481 e. The highest BCUT2D eigenvalue weighted by atomic mass is 32.2. The molecular formula is C10H21N3O5S. The van der Waals surface area contributed by atoms with Crippen LogP contribution in [-0.2, 0) is 14.8 Å². The Kier molecular flexibility index (Phi) is 7.38. The number of nitrogens with one attached hydrogen (secondary N) is 2. The molecule has 0 rings (SSSR count). The summed E-state index contributed by atoms with van der Waals surface area (Å²) in [5.41, 5.74) is 0. The van der Waals surface area contributed by atoms with E-state index in [1.807, 2.05) is 0 Å². The van der Waals surface area contributed by atoms with Crippen molar-refractivity contribution >= 4 is 22.0 Å². The van der Waals surface area contributed by atoms with E-state index in [4.69, 9.17) is 5.11 Å². The summed E-state index contributed by atoms with van der Waals surface area (Å²) in [7, 11) is -3.27. The lowest BCUT2D eigenvalue weighted by Crippen LogP contribution is -2.46. The predicted molar refractivity (Wildman–Crippen MR) is 70.3 cm³/mol. The van der Waals surface area contributed by atoms with Gasteiger partial charge in [0.1, 0.15) is 0 Å². The number of rotatable bonds is 8. The van der Waals surface area contributed by atoms with Gasteiger partial charge in [-0.2, -0.15) is 0 Å². The summed E-state index contributed by atoms with van der Waals surface area (Å²) in [6.45, 7) is 3.89. The van der Waals surface area contributed by atoms with Crippen LogP contribution in [0.25, 0.3) is 0 Å². The Morgan fingerprint density at radius 2 is 1.84 bits per heavy atom. The monoisotopic (exact) mass is 295 g/mol. The van der Waals surface area contributed by atoms with Gasteiger partial charge in [0.25, 0.3) is 0 Å². The fourth-order valence-corrected chi connectivity index (χ4v) is 1.79. The third-order valence-corrected chi connectivity index (χ3v) is 2.94. The largest absolute Gasteiger partial charge is 0.481 e. The van der Waals surface area contributed by atoms with Crippen molar-refractivity contribution in [3.63, 3.8) is 0 Å². The molecule has 0 fully saturated rings. The van der Waals surface area contributed by atoms with Crippen molar-refractivity contribution in [1.82, 2.24) is 14.9 Å². The van der Waals surface area contributed by atoms with E-state index in [9.17, 15) is 18.0 Å². The summed E-state index contributed by atoms with van der Waals surface area (Å²) in [5.74, 6) is -0.975. The van der Waals surface area contributed by atoms with Crippen LogP contribution in [0, 0.1) is 0 Å². The van der Waals surface area contributed by atoms with Crippen LogP contribution in [0.2, 0.25) is 0 Å². The van der Waals surface area contributed by atoms with Gasteiger partial charge in [0.2, 0.25) is 10.0 Å². The van der Waals surface area contributed by atoms with Crippen molar-refractivity contribution in [2.45, 2.75) is 26.3 Å². The molecule has 9 heteroatoms. The molecule has 0 aliphatic heterocycles. The molecule has 0 spiro atoms. The maximum atomic E-state index is 11.8. The first-order valence-corrected chi connectivity index (χ1v) is 7.73. The number of hydrogen-bond donors (Lipinski definition) is 3. The first-order valence-electron chi connectivity index (χ1n) is 5.84. The standard InChI is InChI=1S/C10H21N3O5S/c1-8(2)13(7-4-9(14)15)10(16)11-5-6-12-19(3,17)18/h8,12H,4-7H2,1-3H3,(H,11,16)(H,14,15). The Morgan fingerprint density at radius 1 is 1.26 bits per heavy atom. The van der Waals surface area contributed by atoms with Crippen molar-refractivity contribution in [3.8, 4) is 0 Å². The quantitative estimate of drug-likeness (QED) is 0.519. The van der Waals surface area contributed by atoms with Gasteiger partial charge in [0, 0.05) is 25.7 Å². The Hall–Kier alpha value is -1.35. The number of hydrogen-bond acceptors (Lipinski definition) is 4. The lowest BCUT2D eigenvalue weighted by molar-refractivity contribution is -0.137. The lowest BCUT2D eigenvalue weighted by Gasteiger charge is -2.26. The van der Waals surface area contributed by atoms with Crippen LogP contribution in [0.15, 0.2) is 0 Å². The van der Waals surface area contributed by atoms with Crippen molar-refractivity contribution in [1.29, 1.82) is 0 Å². The van der Waals surface area contributed by atoms with Gasteiger partial charge in [-0.05, 0) is 13.8 Å². The van der Waals surface area contributed by atoms with Crippen molar-refractivity contribution < 1.29 is 23.1 Å². The Morgan fingerprint density at radius 3 is 2.26 bits per heavy atom. The van der Waals surface area contributed by atoms with Crippen LogP contribution in [0.1, 0.15) is 20.3 Å². The SMILES string of the molecule is CC(C)N(CCC(=O)O)C(=O)NCCNS(C)(=O)=O. The molecule has 0 saturated heterocycles. The molecule has 0 unspecified atom stereocenters. The smallest absolute Gasteiger partial charge is 0.317 e. The highest BCUT2D eigenvalue weighted by Crippen LogP contribution is 2.00. The Bertz CT molecular complexity index is 407. The molecule has 2 amide bonds. The van der Waals surface area contributed by atoms with E-state index in [1.165, 1.54) is 4.90 Å². The van der Waals surface area contributed by atoms with E-state index in [-0.39, 0.29) is 32.1 Å². The summed E-state index contributed by atoms with van der Waals surface area (Å²) in [5, 5.41) is 11.1. The Balaban J connectivity index is 4.15. The molecule has 0 aromatic rings. The molecule has 0 aliphatic carbocycles. The Labute approximate surface area is 113 Å². The van der Waals surface area contributed by atoms with Crippen molar-refractivity contribution in [2.24, 2.45) is 0 Å². The van der Waals surface area contributed by atoms with Gasteiger partial charge in [-0.15, -0.1) is 0 Å². The zero-order valence-corrected chi connectivity index (χ0v) is 12.2. The van der Waals surface area contributed by atoms with Crippen LogP contribution >= 0.6 is 0 Å².